The maximum absolute atomic E-state index is 6.31. The molecule has 0 saturated carbocycles. The van der Waals surface area contributed by atoms with Crippen LogP contribution in [0.5, 0.6) is 11.5 Å². The third-order valence-electron chi connectivity index (χ3n) is 4.14. The van der Waals surface area contributed by atoms with Gasteiger partial charge in [0.2, 0.25) is 0 Å². The van der Waals surface area contributed by atoms with Crippen LogP contribution in [-0.4, -0.2) is 43.1 Å². The monoisotopic (exact) mass is 308 g/mol. The average molecular weight is 308 g/mol. The van der Waals surface area contributed by atoms with Crippen molar-refractivity contribution in [2.24, 2.45) is 0 Å². The summed E-state index contributed by atoms with van der Waals surface area (Å²) in [5.74, 6) is 1.56. The summed E-state index contributed by atoms with van der Waals surface area (Å²) in [4.78, 5) is 2.05. The Morgan fingerprint density at radius 1 is 1.48 bits per heavy atom. The van der Waals surface area contributed by atoms with E-state index in [1.54, 1.807) is 14.2 Å². The quantitative estimate of drug-likeness (QED) is 0.859. The van der Waals surface area contributed by atoms with E-state index < -0.39 is 5.72 Å². The minimum absolute atomic E-state index is 0.153. The lowest BCUT2D eigenvalue weighted by Gasteiger charge is -2.52. The normalized spacial score (nSPS) is 26.7. The van der Waals surface area contributed by atoms with E-state index in [9.17, 15) is 0 Å². The number of thiocarbonyl (C=S) groups is 1. The Morgan fingerprint density at radius 2 is 2.29 bits per heavy atom. The molecule has 2 aliphatic rings. The molecular formula is C15H20N2O3S. The fourth-order valence-corrected chi connectivity index (χ4v) is 3.51. The van der Waals surface area contributed by atoms with Crippen LogP contribution in [-0.2, 0) is 4.74 Å². The summed E-state index contributed by atoms with van der Waals surface area (Å²) in [5, 5.41) is 4.11. The number of hydrogen-bond donors (Lipinski definition) is 1. The molecule has 21 heavy (non-hydrogen) atoms. The number of nitrogens with zero attached hydrogens (tertiary/aromatic N) is 1. The second-order valence-corrected chi connectivity index (χ2v) is 5.89. The van der Waals surface area contributed by atoms with Crippen LogP contribution in [0.4, 0.5) is 0 Å². The Kier molecular flexibility index (Phi) is 3.67. The number of nitrogens with one attached hydrogen (secondary N) is 1. The highest BCUT2D eigenvalue weighted by Crippen LogP contribution is 2.47. The molecule has 0 aromatic heterocycles. The Bertz CT molecular complexity index is 566. The second-order valence-electron chi connectivity index (χ2n) is 5.51. The molecule has 2 bridgehead atoms. The molecule has 2 heterocycles. The van der Waals surface area contributed by atoms with Gasteiger partial charge in [0.15, 0.2) is 22.3 Å². The Morgan fingerprint density at radius 3 is 3.00 bits per heavy atom. The topological polar surface area (TPSA) is 43.0 Å². The number of benzene rings is 1. The van der Waals surface area contributed by atoms with Crippen LogP contribution in [0.25, 0.3) is 0 Å². The average Bonchev–Trinajstić information content (AvgIpc) is 2.46. The summed E-state index contributed by atoms with van der Waals surface area (Å²) in [7, 11) is 3.35. The maximum atomic E-state index is 6.31. The predicted molar refractivity (Wildman–Crippen MR) is 83.7 cm³/mol. The van der Waals surface area contributed by atoms with Gasteiger partial charge in [-0.3, -0.25) is 0 Å². The molecule has 1 fully saturated rings. The Labute approximate surface area is 130 Å². The van der Waals surface area contributed by atoms with E-state index >= 15 is 0 Å². The summed E-state index contributed by atoms with van der Waals surface area (Å²) >= 11 is 5.50. The fourth-order valence-electron chi connectivity index (χ4n) is 3.08. The Hall–Kier alpha value is -1.53. The van der Waals surface area contributed by atoms with Crippen molar-refractivity contribution in [2.45, 2.75) is 25.1 Å². The number of para-hydroxylation sites is 1. The van der Waals surface area contributed by atoms with Gasteiger partial charge in [-0.15, -0.1) is 0 Å². The molecule has 1 N–H and O–H groups in total. The molecule has 0 aliphatic carbocycles. The van der Waals surface area contributed by atoms with E-state index in [0.717, 1.165) is 23.5 Å². The zero-order chi connectivity index (χ0) is 15.0. The first-order chi connectivity index (χ1) is 10.1. The summed E-state index contributed by atoms with van der Waals surface area (Å²) < 4.78 is 16.9. The van der Waals surface area contributed by atoms with Gasteiger partial charge < -0.3 is 24.4 Å². The molecule has 0 radical (unpaired) electrons. The van der Waals surface area contributed by atoms with Crippen LogP contribution in [0.3, 0.4) is 0 Å². The van der Waals surface area contributed by atoms with E-state index in [0.29, 0.717) is 18.3 Å². The molecule has 2 aliphatic heterocycles. The Balaban J connectivity index is 1.99. The third kappa shape index (κ3) is 2.32. The molecule has 3 rings (SSSR count). The van der Waals surface area contributed by atoms with Crippen LogP contribution < -0.4 is 14.8 Å². The molecule has 1 aromatic rings. The number of rotatable bonds is 4. The van der Waals surface area contributed by atoms with Crippen molar-refractivity contribution in [1.29, 1.82) is 0 Å². The minimum Gasteiger partial charge on any atom is -0.493 e. The van der Waals surface area contributed by atoms with Crippen molar-refractivity contribution in [3.05, 3.63) is 23.8 Å². The van der Waals surface area contributed by atoms with Crippen molar-refractivity contribution in [2.75, 3.05) is 27.4 Å². The first kappa shape index (κ1) is 14.4. The highest BCUT2D eigenvalue weighted by molar-refractivity contribution is 7.80. The first-order valence-corrected chi connectivity index (χ1v) is 7.43. The van der Waals surface area contributed by atoms with Gasteiger partial charge in [0, 0.05) is 25.6 Å². The molecule has 1 saturated heterocycles. The number of ether oxygens (including phenoxy) is 3. The van der Waals surface area contributed by atoms with Crippen molar-refractivity contribution < 1.29 is 14.2 Å². The summed E-state index contributed by atoms with van der Waals surface area (Å²) in [6, 6.07) is 6.11. The zero-order valence-electron chi connectivity index (χ0n) is 12.5. The van der Waals surface area contributed by atoms with E-state index in [4.69, 9.17) is 26.4 Å². The van der Waals surface area contributed by atoms with Crippen molar-refractivity contribution in [3.63, 3.8) is 0 Å². The van der Waals surface area contributed by atoms with Crippen LogP contribution in [0.2, 0.25) is 0 Å². The van der Waals surface area contributed by atoms with Gasteiger partial charge in [-0.2, -0.15) is 0 Å². The highest BCUT2D eigenvalue weighted by atomic mass is 32.1. The number of fused-ring (bicyclic) bond motifs is 4. The molecular weight excluding hydrogens is 288 g/mol. The van der Waals surface area contributed by atoms with Crippen LogP contribution >= 0.6 is 12.2 Å². The van der Waals surface area contributed by atoms with Crippen molar-refractivity contribution in [1.82, 2.24) is 10.2 Å². The largest absolute Gasteiger partial charge is 0.493 e. The smallest absolute Gasteiger partial charge is 0.184 e. The van der Waals surface area contributed by atoms with Crippen LogP contribution in [0.1, 0.15) is 24.9 Å². The zero-order valence-corrected chi connectivity index (χ0v) is 13.3. The predicted octanol–water partition coefficient (Wildman–Crippen LogP) is 2.07. The standard InChI is InChI=1S/C15H20N2O3S/c1-15-9-11(16-14(21)17(15)7-8-18-2)10-5-4-6-12(19-3)13(10)20-15/h4-6,11H,7-9H2,1-3H3,(H,16,21). The summed E-state index contributed by atoms with van der Waals surface area (Å²) in [6.45, 7) is 3.36. The lowest BCUT2D eigenvalue weighted by atomic mass is 9.90. The van der Waals surface area contributed by atoms with Gasteiger partial charge in [0.25, 0.3) is 0 Å². The van der Waals surface area contributed by atoms with Crippen molar-refractivity contribution >= 4 is 17.3 Å². The van der Waals surface area contributed by atoms with Gasteiger partial charge in [0.1, 0.15) is 0 Å². The summed E-state index contributed by atoms with van der Waals surface area (Å²) in [6.07, 6.45) is 0.830. The first-order valence-electron chi connectivity index (χ1n) is 7.02. The maximum Gasteiger partial charge on any atom is 0.184 e. The lowest BCUT2D eigenvalue weighted by Crippen LogP contribution is -2.65. The number of methoxy groups -OCH3 is 2. The van der Waals surface area contributed by atoms with E-state index in [2.05, 4.69) is 23.2 Å². The lowest BCUT2D eigenvalue weighted by molar-refractivity contribution is -0.0753. The molecule has 0 spiro atoms. The SMILES string of the molecule is COCCN1C(=S)NC2CC1(C)Oc1c(OC)cccc12. The van der Waals surface area contributed by atoms with Crippen LogP contribution in [0.15, 0.2) is 18.2 Å². The van der Waals surface area contributed by atoms with Gasteiger partial charge in [-0.25, -0.2) is 0 Å². The molecule has 2 unspecified atom stereocenters. The molecule has 5 nitrogen and oxygen atoms in total. The highest BCUT2D eigenvalue weighted by Gasteiger charge is 2.48. The van der Waals surface area contributed by atoms with Gasteiger partial charge in [0.05, 0.1) is 19.8 Å². The van der Waals surface area contributed by atoms with E-state index in [1.165, 1.54) is 0 Å². The molecule has 2 atom stereocenters. The van der Waals surface area contributed by atoms with E-state index in [1.807, 2.05) is 12.1 Å². The fraction of sp³-hybridized carbons (Fsp3) is 0.533. The number of hydrogen-bond acceptors (Lipinski definition) is 4. The van der Waals surface area contributed by atoms with Gasteiger partial charge in [-0.1, -0.05) is 12.1 Å². The van der Waals surface area contributed by atoms with Crippen molar-refractivity contribution in [3.8, 4) is 11.5 Å². The molecule has 0 amide bonds. The van der Waals surface area contributed by atoms with E-state index in [-0.39, 0.29) is 6.04 Å². The van der Waals surface area contributed by atoms with Gasteiger partial charge >= 0.3 is 0 Å². The van der Waals surface area contributed by atoms with Crippen LogP contribution in [0, 0.1) is 0 Å². The molecule has 1 aromatic carbocycles. The molecule has 6 heteroatoms. The third-order valence-corrected chi connectivity index (χ3v) is 4.48. The summed E-state index contributed by atoms with van der Waals surface area (Å²) in [5.41, 5.74) is 0.619. The minimum atomic E-state index is -0.479. The molecule has 114 valence electrons. The second kappa shape index (κ2) is 5.35. The van der Waals surface area contributed by atoms with Gasteiger partial charge in [-0.05, 0) is 25.2 Å².